The first-order chi connectivity index (χ1) is 16.7. The molecule has 0 atom stereocenters. The highest BCUT2D eigenvalue weighted by atomic mass is 19.4. The number of nitriles is 1. The molecular formula is C24H21F4N5O2. The van der Waals surface area contributed by atoms with E-state index in [1.807, 2.05) is 11.0 Å². The number of nitrogens with one attached hydrogen (secondary N) is 1. The topological polar surface area (TPSA) is 94.9 Å². The molecule has 4 rings (SSSR count). The maximum Gasteiger partial charge on any atom is 0.389 e. The van der Waals surface area contributed by atoms with E-state index in [0.29, 0.717) is 37.4 Å². The van der Waals surface area contributed by atoms with Gasteiger partial charge in [0.25, 0.3) is 5.56 Å². The van der Waals surface area contributed by atoms with Gasteiger partial charge >= 0.3 is 6.18 Å². The molecule has 1 aromatic carbocycles. The van der Waals surface area contributed by atoms with Crippen LogP contribution in [0.2, 0.25) is 0 Å². The van der Waals surface area contributed by atoms with E-state index in [9.17, 15) is 22.4 Å². The van der Waals surface area contributed by atoms with E-state index >= 15 is 0 Å². The van der Waals surface area contributed by atoms with E-state index in [1.165, 1.54) is 30.7 Å². The third kappa shape index (κ3) is 5.95. The number of hydrogen-bond acceptors (Lipinski definition) is 6. The number of halogens is 4. The summed E-state index contributed by atoms with van der Waals surface area (Å²) in [7, 11) is 0. The van der Waals surface area contributed by atoms with Crippen molar-refractivity contribution in [2.75, 3.05) is 18.0 Å². The summed E-state index contributed by atoms with van der Waals surface area (Å²) in [4.78, 5) is 25.3. The second kappa shape index (κ2) is 10.1. The van der Waals surface area contributed by atoms with Crippen molar-refractivity contribution in [3.05, 3.63) is 70.2 Å². The van der Waals surface area contributed by atoms with Crippen LogP contribution in [0.25, 0.3) is 11.1 Å². The Morgan fingerprint density at radius 1 is 1.17 bits per heavy atom. The molecule has 0 bridgehead atoms. The Kier molecular flexibility index (Phi) is 7.00. The fraction of sp³-hybridized carbons (Fsp3) is 0.333. The second-order valence-electron chi connectivity index (χ2n) is 8.16. The highest BCUT2D eigenvalue weighted by molar-refractivity contribution is 5.70. The van der Waals surface area contributed by atoms with Gasteiger partial charge in [-0.25, -0.2) is 14.4 Å². The highest BCUT2D eigenvalue weighted by Crippen LogP contribution is 2.31. The molecule has 1 N–H and O–H groups in total. The molecule has 3 aromatic rings. The van der Waals surface area contributed by atoms with Crippen molar-refractivity contribution in [2.45, 2.75) is 38.0 Å². The van der Waals surface area contributed by atoms with Gasteiger partial charge < -0.3 is 14.6 Å². The van der Waals surface area contributed by atoms with Crippen LogP contribution in [-0.2, 0) is 6.42 Å². The number of rotatable bonds is 6. The van der Waals surface area contributed by atoms with Gasteiger partial charge in [0.2, 0.25) is 5.95 Å². The van der Waals surface area contributed by atoms with E-state index in [4.69, 9.17) is 10.00 Å². The summed E-state index contributed by atoms with van der Waals surface area (Å²) in [5.41, 5.74) is 0.139. The number of anilines is 1. The predicted molar refractivity (Wildman–Crippen MR) is 119 cm³/mol. The van der Waals surface area contributed by atoms with E-state index in [0.717, 1.165) is 6.07 Å². The number of pyridine rings is 1. The number of aromatic nitrogens is 3. The van der Waals surface area contributed by atoms with Crippen molar-refractivity contribution in [1.29, 1.82) is 5.26 Å². The van der Waals surface area contributed by atoms with Crippen LogP contribution >= 0.6 is 0 Å². The molecule has 1 aliphatic rings. The molecule has 0 radical (unpaired) electrons. The monoisotopic (exact) mass is 487 g/mol. The molecule has 0 amide bonds. The molecule has 3 heterocycles. The van der Waals surface area contributed by atoms with Crippen LogP contribution in [0.3, 0.4) is 0 Å². The van der Waals surface area contributed by atoms with Gasteiger partial charge in [0.15, 0.2) is 0 Å². The molecule has 2 aromatic heterocycles. The number of ether oxygens (including phenoxy) is 1. The first kappa shape index (κ1) is 24.2. The number of piperidine rings is 1. The van der Waals surface area contributed by atoms with E-state index < -0.39 is 24.0 Å². The zero-order valence-electron chi connectivity index (χ0n) is 18.5. The Bertz CT molecular complexity index is 1280. The molecule has 1 saturated heterocycles. The summed E-state index contributed by atoms with van der Waals surface area (Å²) in [5, 5.41) is 8.96. The molecule has 0 aliphatic carbocycles. The summed E-state index contributed by atoms with van der Waals surface area (Å²) in [5.74, 6) is -0.0342. The van der Waals surface area contributed by atoms with Crippen molar-refractivity contribution in [3.63, 3.8) is 0 Å². The summed E-state index contributed by atoms with van der Waals surface area (Å²) >= 11 is 0. The third-order valence-corrected chi connectivity index (χ3v) is 5.70. The molecule has 11 heteroatoms. The maximum absolute atomic E-state index is 14.6. The number of nitrogens with zero attached hydrogens (tertiary/aromatic N) is 4. The minimum atomic E-state index is -4.23. The Morgan fingerprint density at radius 3 is 2.51 bits per heavy atom. The number of benzene rings is 1. The summed E-state index contributed by atoms with van der Waals surface area (Å²) in [6, 6.07) is 7.29. The van der Waals surface area contributed by atoms with Crippen LogP contribution in [0.1, 0.15) is 30.4 Å². The summed E-state index contributed by atoms with van der Waals surface area (Å²) in [6.07, 6.45) is -0.187. The van der Waals surface area contributed by atoms with Gasteiger partial charge in [0, 0.05) is 56.5 Å². The first-order valence-corrected chi connectivity index (χ1v) is 10.9. The maximum atomic E-state index is 14.6. The normalized spacial score (nSPS) is 14.5. The number of aromatic amines is 1. The van der Waals surface area contributed by atoms with Crippen LogP contribution in [0.4, 0.5) is 23.5 Å². The lowest BCUT2D eigenvalue weighted by atomic mass is 10.0. The summed E-state index contributed by atoms with van der Waals surface area (Å²) < 4.78 is 57.8. The standard InChI is InChI=1S/C24H21F4N5O2/c25-19-11-15(12-29)1-2-18(19)21-20(4-8-30-22(21)34)35-17-5-9-33(10-6-17)23-31-13-16(14-32-23)3-7-24(26,27)28/h1-2,4,8,11,13-14,17H,3,5-7,9-10H2,(H,30,34). The molecule has 0 unspecified atom stereocenters. The fourth-order valence-corrected chi connectivity index (χ4v) is 3.88. The van der Waals surface area contributed by atoms with Gasteiger partial charge in [0.05, 0.1) is 17.2 Å². The Morgan fingerprint density at radius 2 is 1.89 bits per heavy atom. The van der Waals surface area contributed by atoms with Crippen LogP contribution < -0.4 is 15.2 Å². The van der Waals surface area contributed by atoms with Gasteiger partial charge in [-0.3, -0.25) is 4.79 Å². The first-order valence-electron chi connectivity index (χ1n) is 10.9. The predicted octanol–water partition coefficient (Wildman–Crippen LogP) is 4.39. The van der Waals surface area contributed by atoms with Crippen molar-refractivity contribution < 1.29 is 22.3 Å². The van der Waals surface area contributed by atoms with Crippen LogP contribution in [0, 0.1) is 17.1 Å². The van der Waals surface area contributed by atoms with Gasteiger partial charge in [0.1, 0.15) is 17.7 Å². The van der Waals surface area contributed by atoms with E-state index in [-0.39, 0.29) is 35.0 Å². The minimum Gasteiger partial charge on any atom is -0.489 e. The van der Waals surface area contributed by atoms with Gasteiger partial charge in [-0.2, -0.15) is 18.4 Å². The molecule has 1 fully saturated rings. The average molecular weight is 487 g/mol. The zero-order valence-corrected chi connectivity index (χ0v) is 18.5. The number of alkyl halides is 3. The molecule has 35 heavy (non-hydrogen) atoms. The molecule has 1 aliphatic heterocycles. The van der Waals surface area contributed by atoms with E-state index in [1.54, 1.807) is 6.07 Å². The Hall–Kier alpha value is -3.94. The van der Waals surface area contributed by atoms with Gasteiger partial charge in [-0.05, 0) is 36.2 Å². The van der Waals surface area contributed by atoms with Crippen molar-refractivity contribution >= 4 is 5.95 Å². The summed E-state index contributed by atoms with van der Waals surface area (Å²) in [6.45, 7) is 1.08. The van der Waals surface area contributed by atoms with Crippen LogP contribution in [0.15, 0.2) is 47.7 Å². The van der Waals surface area contributed by atoms with Crippen molar-refractivity contribution in [1.82, 2.24) is 15.0 Å². The Balaban J connectivity index is 1.41. The molecule has 0 spiro atoms. The molecule has 7 nitrogen and oxygen atoms in total. The van der Waals surface area contributed by atoms with E-state index in [2.05, 4.69) is 15.0 Å². The number of hydrogen-bond donors (Lipinski definition) is 1. The lowest BCUT2D eigenvalue weighted by Gasteiger charge is -2.32. The molecular weight excluding hydrogens is 466 g/mol. The van der Waals surface area contributed by atoms with Gasteiger partial charge in [-0.15, -0.1) is 0 Å². The van der Waals surface area contributed by atoms with Crippen molar-refractivity contribution in [3.8, 4) is 22.9 Å². The number of H-pyrrole nitrogens is 1. The zero-order chi connectivity index (χ0) is 25.0. The largest absolute Gasteiger partial charge is 0.489 e. The van der Waals surface area contributed by atoms with Crippen LogP contribution in [0.5, 0.6) is 5.75 Å². The molecule has 182 valence electrons. The smallest absolute Gasteiger partial charge is 0.389 e. The van der Waals surface area contributed by atoms with Crippen molar-refractivity contribution in [2.24, 2.45) is 0 Å². The highest BCUT2D eigenvalue weighted by Gasteiger charge is 2.27. The lowest BCUT2D eigenvalue weighted by molar-refractivity contribution is -0.134. The average Bonchev–Trinajstić information content (AvgIpc) is 2.84. The molecule has 0 saturated carbocycles. The lowest BCUT2D eigenvalue weighted by Crippen LogP contribution is -2.39. The minimum absolute atomic E-state index is 0.0392. The number of aryl methyl sites for hydroxylation is 1. The second-order valence-corrected chi connectivity index (χ2v) is 8.16. The van der Waals surface area contributed by atoms with Crippen LogP contribution in [-0.4, -0.2) is 40.3 Å². The quantitative estimate of drug-likeness (QED) is 0.519. The van der Waals surface area contributed by atoms with Gasteiger partial charge in [-0.1, -0.05) is 0 Å². The SMILES string of the molecule is N#Cc1ccc(-c2c(OC3CCN(c4ncc(CCC(F)(F)F)cn4)CC3)cc[nH]c2=O)c(F)c1. The fourth-order valence-electron chi connectivity index (χ4n) is 3.88. The third-order valence-electron chi connectivity index (χ3n) is 5.70. The Labute approximate surface area is 198 Å².